The van der Waals surface area contributed by atoms with E-state index < -0.39 is 11.8 Å². The summed E-state index contributed by atoms with van der Waals surface area (Å²) in [6, 6.07) is 24.4. The van der Waals surface area contributed by atoms with Crippen molar-refractivity contribution in [1.29, 1.82) is 0 Å². The van der Waals surface area contributed by atoms with E-state index in [0.717, 1.165) is 16.7 Å². The van der Waals surface area contributed by atoms with Gasteiger partial charge in [0.25, 0.3) is 0 Å². The van der Waals surface area contributed by atoms with Gasteiger partial charge in [-0.2, -0.15) is 5.10 Å². The fraction of sp³-hybridized carbons (Fsp3) is 0.125. The van der Waals surface area contributed by atoms with Crippen LogP contribution in [-0.4, -0.2) is 17.5 Å². The van der Waals surface area contributed by atoms with Gasteiger partial charge in [0.2, 0.25) is 0 Å². The molecule has 0 heterocycles. The lowest BCUT2D eigenvalue weighted by Crippen LogP contribution is -2.33. The predicted octanol–water partition coefficient (Wildman–Crippen LogP) is 4.05. The highest BCUT2D eigenvalue weighted by atomic mass is 16.5. The van der Waals surface area contributed by atoms with Crippen LogP contribution in [0.15, 0.2) is 84.0 Å². The smallest absolute Gasteiger partial charge is 0.329 e. The van der Waals surface area contributed by atoms with Gasteiger partial charge >= 0.3 is 11.8 Å². The van der Waals surface area contributed by atoms with E-state index in [-0.39, 0.29) is 0 Å². The number of para-hydroxylation sites is 1. The van der Waals surface area contributed by atoms with E-state index in [4.69, 9.17) is 4.74 Å². The number of nitrogens with zero attached hydrogens (tertiary/aromatic N) is 1. The van der Waals surface area contributed by atoms with E-state index in [0.29, 0.717) is 23.8 Å². The van der Waals surface area contributed by atoms with Crippen LogP contribution in [0, 0.1) is 6.92 Å². The molecule has 3 aromatic carbocycles. The fourth-order valence-corrected chi connectivity index (χ4v) is 2.70. The Bertz CT molecular complexity index is 1040. The van der Waals surface area contributed by atoms with Gasteiger partial charge in [-0.15, -0.1) is 0 Å². The Hall–Kier alpha value is -3.93. The summed E-state index contributed by atoms with van der Waals surface area (Å²) in [5, 5.41) is 6.60. The number of hydrazone groups is 1. The molecule has 3 rings (SSSR count). The Balaban J connectivity index is 1.62. The highest BCUT2D eigenvalue weighted by molar-refractivity contribution is 6.39. The minimum Gasteiger partial charge on any atom is -0.488 e. The molecule has 0 atom stereocenters. The molecule has 2 N–H and O–H groups in total. The zero-order chi connectivity index (χ0) is 21.3. The largest absolute Gasteiger partial charge is 0.488 e. The van der Waals surface area contributed by atoms with E-state index in [1.807, 2.05) is 73.7 Å². The highest BCUT2D eigenvalue weighted by Gasteiger charge is 2.14. The Morgan fingerprint density at radius 2 is 1.53 bits per heavy atom. The first-order chi connectivity index (χ1) is 14.5. The maximum absolute atomic E-state index is 12.1. The van der Waals surface area contributed by atoms with Crippen LogP contribution in [0.25, 0.3) is 0 Å². The molecular weight excluding hydrogens is 378 g/mol. The first-order valence-electron chi connectivity index (χ1n) is 9.51. The van der Waals surface area contributed by atoms with Crippen LogP contribution < -0.4 is 15.5 Å². The SMILES string of the molecule is C/C(=N/NC(=O)C(=O)Nc1ccc(C)cc1)c1ccccc1OCc1ccccc1. The number of amides is 2. The van der Waals surface area contributed by atoms with Crippen LogP contribution in [-0.2, 0) is 16.2 Å². The molecule has 0 radical (unpaired) electrons. The Labute approximate surface area is 175 Å². The van der Waals surface area contributed by atoms with Crippen LogP contribution in [0.5, 0.6) is 5.75 Å². The van der Waals surface area contributed by atoms with Crippen molar-refractivity contribution in [2.24, 2.45) is 5.10 Å². The number of ether oxygens (including phenoxy) is 1. The number of hydrogen-bond donors (Lipinski definition) is 2. The van der Waals surface area contributed by atoms with E-state index in [1.54, 1.807) is 19.1 Å². The van der Waals surface area contributed by atoms with Gasteiger partial charge in [-0.25, -0.2) is 5.43 Å². The molecule has 2 amide bonds. The molecule has 30 heavy (non-hydrogen) atoms. The van der Waals surface area contributed by atoms with E-state index >= 15 is 0 Å². The molecule has 0 aromatic heterocycles. The summed E-state index contributed by atoms with van der Waals surface area (Å²) in [4.78, 5) is 24.1. The van der Waals surface area contributed by atoms with Crippen molar-refractivity contribution < 1.29 is 14.3 Å². The molecule has 0 unspecified atom stereocenters. The van der Waals surface area contributed by atoms with E-state index in [9.17, 15) is 9.59 Å². The monoisotopic (exact) mass is 401 g/mol. The van der Waals surface area contributed by atoms with Crippen molar-refractivity contribution >= 4 is 23.2 Å². The van der Waals surface area contributed by atoms with Crippen molar-refractivity contribution in [2.75, 3.05) is 5.32 Å². The second-order valence-electron chi connectivity index (χ2n) is 6.73. The minimum absolute atomic E-state index is 0.413. The molecule has 0 bridgehead atoms. The third kappa shape index (κ3) is 5.78. The minimum atomic E-state index is -0.849. The van der Waals surface area contributed by atoms with Gasteiger partial charge in [-0.1, -0.05) is 60.2 Å². The average molecular weight is 401 g/mol. The topological polar surface area (TPSA) is 79.8 Å². The summed E-state index contributed by atoms with van der Waals surface area (Å²) in [7, 11) is 0. The lowest BCUT2D eigenvalue weighted by Gasteiger charge is -2.11. The van der Waals surface area contributed by atoms with Crippen molar-refractivity contribution in [3.8, 4) is 5.75 Å². The molecule has 0 fully saturated rings. The molecule has 3 aromatic rings. The van der Waals surface area contributed by atoms with Crippen molar-refractivity contribution in [1.82, 2.24) is 5.43 Å². The first kappa shape index (κ1) is 20.8. The summed E-state index contributed by atoms with van der Waals surface area (Å²) in [6.07, 6.45) is 0. The third-order valence-corrected chi connectivity index (χ3v) is 4.35. The summed E-state index contributed by atoms with van der Waals surface area (Å²) < 4.78 is 5.91. The van der Waals surface area contributed by atoms with Gasteiger partial charge in [-0.05, 0) is 43.7 Å². The summed E-state index contributed by atoms with van der Waals surface area (Å²) in [6.45, 7) is 4.09. The number of carbonyl (C=O) groups is 2. The Morgan fingerprint density at radius 1 is 0.867 bits per heavy atom. The van der Waals surface area contributed by atoms with Crippen molar-refractivity contribution in [3.05, 3.63) is 95.6 Å². The molecule has 6 nitrogen and oxygen atoms in total. The molecule has 0 saturated carbocycles. The van der Waals surface area contributed by atoms with Gasteiger partial charge in [-0.3, -0.25) is 9.59 Å². The number of aryl methyl sites for hydroxylation is 1. The van der Waals surface area contributed by atoms with Crippen molar-refractivity contribution in [3.63, 3.8) is 0 Å². The predicted molar refractivity (Wildman–Crippen MR) is 117 cm³/mol. The molecular formula is C24H23N3O3. The summed E-state index contributed by atoms with van der Waals surface area (Å²) in [5.74, 6) is -0.998. The molecule has 0 aliphatic rings. The summed E-state index contributed by atoms with van der Waals surface area (Å²) >= 11 is 0. The number of carbonyl (C=O) groups excluding carboxylic acids is 2. The highest BCUT2D eigenvalue weighted by Crippen LogP contribution is 2.20. The lowest BCUT2D eigenvalue weighted by molar-refractivity contribution is -0.136. The van der Waals surface area contributed by atoms with Gasteiger partial charge in [0.05, 0.1) is 5.71 Å². The van der Waals surface area contributed by atoms with E-state index in [2.05, 4.69) is 15.8 Å². The normalized spacial score (nSPS) is 10.9. The van der Waals surface area contributed by atoms with Crippen LogP contribution in [0.3, 0.4) is 0 Å². The number of nitrogens with one attached hydrogen (secondary N) is 2. The number of benzene rings is 3. The van der Waals surface area contributed by atoms with Gasteiger partial charge in [0.15, 0.2) is 0 Å². The van der Waals surface area contributed by atoms with Gasteiger partial charge in [0, 0.05) is 11.3 Å². The lowest BCUT2D eigenvalue weighted by atomic mass is 10.1. The van der Waals surface area contributed by atoms with Crippen LogP contribution in [0.2, 0.25) is 0 Å². The molecule has 0 saturated heterocycles. The molecule has 0 spiro atoms. The molecule has 0 aliphatic heterocycles. The summed E-state index contributed by atoms with van der Waals surface area (Å²) in [5.41, 5.74) is 6.20. The van der Waals surface area contributed by atoms with Crippen LogP contribution in [0.4, 0.5) is 5.69 Å². The van der Waals surface area contributed by atoms with Gasteiger partial charge in [0.1, 0.15) is 12.4 Å². The second kappa shape index (κ2) is 10.0. The maximum atomic E-state index is 12.1. The van der Waals surface area contributed by atoms with Crippen LogP contribution >= 0.6 is 0 Å². The second-order valence-corrected chi connectivity index (χ2v) is 6.73. The van der Waals surface area contributed by atoms with E-state index in [1.165, 1.54) is 0 Å². The molecule has 0 aliphatic carbocycles. The third-order valence-electron chi connectivity index (χ3n) is 4.35. The standard InChI is InChI=1S/C24H23N3O3/c1-17-12-14-20(15-13-17)25-23(28)24(29)27-26-18(2)21-10-6-7-11-22(21)30-16-19-8-4-3-5-9-19/h3-15H,16H2,1-2H3,(H,25,28)(H,27,29)/b26-18-. The maximum Gasteiger partial charge on any atom is 0.329 e. The Kier molecular flexibility index (Phi) is 6.95. The van der Waals surface area contributed by atoms with Crippen LogP contribution in [0.1, 0.15) is 23.6 Å². The average Bonchev–Trinajstić information content (AvgIpc) is 2.78. The fourth-order valence-electron chi connectivity index (χ4n) is 2.70. The van der Waals surface area contributed by atoms with Gasteiger partial charge < -0.3 is 10.1 Å². The molecule has 6 heteroatoms. The zero-order valence-corrected chi connectivity index (χ0v) is 16.9. The number of rotatable bonds is 6. The Morgan fingerprint density at radius 3 is 2.27 bits per heavy atom. The van der Waals surface area contributed by atoms with Crippen molar-refractivity contribution in [2.45, 2.75) is 20.5 Å². The number of anilines is 1. The zero-order valence-electron chi connectivity index (χ0n) is 16.9. The quantitative estimate of drug-likeness (QED) is 0.371. The molecule has 152 valence electrons. The number of hydrogen-bond acceptors (Lipinski definition) is 4. The first-order valence-corrected chi connectivity index (χ1v) is 9.51.